The molecule has 7 nitrogen and oxygen atoms in total. The van der Waals surface area contributed by atoms with E-state index in [0.29, 0.717) is 5.56 Å². The van der Waals surface area contributed by atoms with Crippen molar-refractivity contribution in [2.75, 3.05) is 13.2 Å². The summed E-state index contributed by atoms with van der Waals surface area (Å²) in [6, 6.07) is 8.83. The summed E-state index contributed by atoms with van der Waals surface area (Å²) in [5.41, 5.74) is -1.48. The van der Waals surface area contributed by atoms with Crippen LogP contribution in [0.2, 0.25) is 0 Å². The lowest BCUT2D eigenvalue weighted by atomic mass is 9.82. The van der Waals surface area contributed by atoms with Crippen LogP contribution < -0.4 is 0 Å². The van der Waals surface area contributed by atoms with Crippen LogP contribution in [-0.4, -0.2) is 69.6 Å². The van der Waals surface area contributed by atoms with Crippen molar-refractivity contribution in [2.45, 2.75) is 43.5 Å². The summed E-state index contributed by atoms with van der Waals surface area (Å²) in [5, 5.41) is 40.5. The third-order valence-electron chi connectivity index (χ3n) is 3.94. The quantitative estimate of drug-likeness (QED) is 0.530. The molecular weight excluding hydrogens is 304 g/mol. The van der Waals surface area contributed by atoms with E-state index in [-0.39, 0.29) is 13.0 Å². The predicted octanol–water partition coefficient (Wildman–Crippen LogP) is -0.995. The maximum Gasteiger partial charge on any atom is 0.184 e. The van der Waals surface area contributed by atoms with E-state index in [1.165, 1.54) is 0 Å². The average molecular weight is 326 g/mol. The Morgan fingerprint density at radius 2 is 1.87 bits per heavy atom. The van der Waals surface area contributed by atoms with Gasteiger partial charge in [0.05, 0.1) is 6.61 Å². The highest BCUT2D eigenvalue weighted by atomic mass is 16.6. The second-order valence-corrected chi connectivity index (χ2v) is 5.59. The topological polar surface area (TPSA) is 116 Å². The number of hydrogen-bond donors (Lipinski definition) is 4. The Hall–Kier alpha value is -1.35. The predicted molar refractivity (Wildman–Crippen MR) is 79.5 cm³/mol. The smallest absolute Gasteiger partial charge is 0.184 e. The van der Waals surface area contributed by atoms with Gasteiger partial charge in [0, 0.05) is 13.0 Å². The SMILES string of the molecule is CCOC[C@]1(O)[C@H](O)[C@@H](C(=O)Cc2ccccc2)O[C@H](O)[C@H]1O. The number of carbonyl (C=O) groups excluding carboxylic acids is 1. The van der Waals surface area contributed by atoms with Crippen molar-refractivity contribution in [1.29, 1.82) is 0 Å². The van der Waals surface area contributed by atoms with E-state index >= 15 is 0 Å². The number of rotatable bonds is 6. The fourth-order valence-corrected chi connectivity index (χ4v) is 2.57. The minimum absolute atomic E-state index is 0.0316. The molecule has 1 fully saturated rings. The fraction of sp³-hybridized carbons (Fsp3) is 0.562. The highest BCUT2D eigenvalue weighted by Gasteiger charge is 2.56. The Morgan fingerprint density at radius 3 is 2.48 bits per heavy atom. The molecule has 1 saturated heterocycles. The molecule has 1 aromatic carbocycles. The summed E-state index contributed by atoms with van der Waals surface area (Å²) < 4.78 is 10.1. The van der Waals surface area contributed by atoms with Gasteiger partial charge >= 0.3 is 0 Å². The average Bonchev–Trinajstić information content (AvgIpc) is 2.55. The molecule has 1 aliphatic rings. The van der Waals surface area contributed by atoms with Gasteiger partial charge in [0.15, 0.2) is 12.1 Å². The molecule has 0 aromatic heterocycles. The van der Waals surface area contributed by atoms with E-state index in [4.69, 9.17) is 9.47 Å². The first kappa shape index (κ1) is 18.0. The molecular formula is C16H22O7. The van der Waals surface area contributed by atoms with E-state index in [1.54, 1.807) is 37.3 Å². The second kappa shape index (κ2) is 7.48. The summed E-state index contributed by atoms with van der Waals surface area (Å²) in [6.07, 6.45) is -6.79. The van der Waals surface area contributed by atoms with Crippen molar-refractivity contribution >= 4 is 5.78 Å². The number of ether oxygens (including phenoxy) is 2. The zero-order valence-corrected chi connectivity index (χ0v) is 12.8. The number of aliphatic hydroxyl groups excluding tert-OH is 3. The van der Waals surface area contributed by atoms with Gasteiger partial charge in [-0.25, -0.2) is 0 Å². The van der Waals surface area contributed by atoms with Gasteiger partial charge in [0.25, 0.3) is 0 Å². The fourth-order valence-electron chi connectivity index (χ4n) is 2.57. The van der Waals surface area contributed by atoms with Gasteiger partial charge in [-0.05, 0) is 12.5 Å². The van der Waals surface area contributed by atoms with Gasteiger partial charge in [-0.1, -0.05) is 30.3 Å². The minimum atomic E-state index is -2.19. The molecule has 5 atom stereocenters. The molecule has 128 valence electrons. The highest BCUT2D eigenvalue weighted by Crippen LogP contribution is 2.30. The van der Waals surface area contributed by atoms with Crippen LogP contribution in [0.4, 0.5) is 0 Å². The van der Waals surface area contributed by atoms with Crippen LogP contribution in [-0.2, 0) is 20.7 Å². The molecule has 0 bridgehead atoms. The third-order valence-corrected chi connectivity index (χ3v) is 3.94. The number of Topliss-reactive ketones (excluding diaryl/α,β-unsaturated/α-hetero) is 1. The molecule has 0 radical (unpaired) electrons. The van der Waals surface area contributed by atoms with Crippen molar-refractivity contribution in [2.24, 2.45) is 0 Å². The molecule has 7 heteroatoms. The Balaban J connectivity index is 2.16. The van der Waals surface area contributed by atoms with Crippen molar-refractivity contribution < 1.29 is 34.7 Å². The van der Waals surface area contributed by atoms with E-state index in [9.17, 15) is 25.2 Å². The number of carbonyl (C=O) groups is 1. The molecule has 4 N–H and O–H groups in total. The number of aliphatic hydroxyl groups is 4. The largest absolute Gasteiger partial charge is 0.387 e. The summed E-state index contributed by atoms with van der Waals surface area (Å²) in [4.78, 5) is 12.4. The van der Waals surface area contributed by atoms with Crippen molar-refractivity contribution in [3.8, 4) is 0 Å². The number of ketones is 1. The first-order chi connectivity index (χ1) is 10.9. The maximum absolute atomic E-state index is 12.4. The van der Waals surface area contributed by atoms with Crippen LogP contribution >= 0.6 is 0 Å². The van der Waals surface area contributed by atoms with Crippen molar-refractivity contribution in [3.05, 3.63) is 35.9 Å². The van der Waals surface area contributed by atoms with Gasteiger partial charge in [0.1, 0.15) is 23.9 Å². The van der Waals surface area contributed by atoms with Gasteiger partial charge in [-0.15, -0.1) is 0 Å². The zero-order chi connectivity index (χ0) is 17.0. The molecule has 1 heterocycles. The summed E-state index contributed by atoms with van der Waals surface area (Å²) >= 11 is 0. The highest BCUT2D eigenvalue weighted by molar-refractivity contribution is 5.86. The van der Waals surface area contributed by atoms with Crippen LogP contribution in [0.1, 0.15) is 12.5 Å². The Labute approximate surface area is 134 Å². The van der Waals surface area contributed by atoms with Gasteiger partial charge in [-0.2, -0.15) is 0 Å². The molecule has 2 rings (SSSR count). The summed E-state index contributed by atoms with van der Waals surface area (Å²) in [5.74, 6) is -0.510. The van der Waals surface area contributed by atoms with Crippen LogP contribution in [0, 0.1) is 0 Å². The molecule has 0 unspecified atom stereocenters. The normalized spacial score (nSPS) is 34.3. The standard InChI is InChI=1S/C16H22O7/c1-2-22-9-16(21)13(18)12(23-15(20)14(16)19)11(17)8-10-6-4-3-5-7-10/h3-7,12-15,18-21H,2,8-9H2,1H3/t12-,13-,14-,15+,16+/m1/s1. The second-order valence-electron chi connectivity index (χ2n) is 5.59. The molecule has 0 saturated carbocycles. The number of benzene rings is 1. The molecule has 1 aromatic rings. The molecule has 23 heavy (non-hydrogen) atoms. The molecule has 0 aliphatic carbocycles. The maximum atomic E-state index is 12.4. The van der Waals surface area contributed by atoms with E-state index in [1.807, 2.05) is 0 Å². The van der Waals surface area contributed by atoms with Crippen molar-refractivity contribution in [1.82, 2.24) is 0 Å². The van der Waals surface area contributed by atoms with Crippen LogP contribution in [0.5, 0.6) is 0 Å². The van der Waals surface area contributed by atoms with Gasteiger partial charge in [-0.3, -0.25) is 4.79 Å². The summed E-state index contributed by atoms with van der Waals surface area (Å²) in [6.45, 7) is 1.48. The van der Waals surface area contributed by atoms with Gasteiger partial charge in [0.2, 0.25) is 0 Å². The lowest BCUT2D eigenvalue weighted by molar-refractivity contribution is -0.318. The Morgan fingerprint density at radius 1 is 1.22 bits per heavy atom. The zero-order valence-electron chi connectivity index (χ0n) is 12.8. The molecule has 1 aliphatic heterocycles. The first-order valence-corrected chi connectivity index (χ1v) is 7.46. The Kier molecular flexibility index (Phi) is 5.85. The van der Waals surface area contributed by atoms with Crippen molar-refractivity contribution in [3.63, 3.8) is 0 Å². The number of hydrogen-bond acceptors (Lipinski definition) is 7. The van der Waals surface area contributed by atoms with Gasteiger partial charge < -0.3 is 29.9 Å². The Bertz CT molecular complexity index is 520. The van der Waals surface area contributed by atoms with Crippen LogP contribution in [0.15, 0.2) is 30.3 Å². The van der Waals surface area contributed by atoms with Crippen LogP contribution in [0.3, 0.4) is 0 Å². The first-order valence-electron chi connectivity index (χ1n) is 7.46. The van der Waals surface area contributed by atoms with E-state index < -0.39 is 42.6 Å². The lowest BCUT2D eigenvalue weighted by Crippen LogP contribution is -2.69. The molecule has 0 amide bonds. The third kappa shape index (κ3) is 3.77. The lowest BCUT2D eigenvalue weighted by Gasteiger charge is -2.46. The molecule has 0 spiro atoms. The minimum Gasteiger partial charge on any atom is -0.387 e. The van der Waals surface area contributed by atoms with E-state index in [2.05, 4.69) is 0 Å². The monoisotopic (exact) mass is 326 g/mol. The summed E-state index contributed by atoms with van der Waals surface area (Å²) in [7, 11) is 0. The van der Waals surface area contributed by atoms with Crippen LogP contribution in [0.25, 0.3) is 0 Å². The van der Waals surface area contributed by atoms with E-state index in [0.717, 1.165) is 0 Å².